The van der Waals surface area contributed by atoms with Crippen LogP contribution in [0.25, 0.3) is 10.4 Å². The molecule has 0 fully saturated rings. The third-order valence-electron chi connectivity index (χ3n) is 4.72. The summed E-state index contributed by atoms with van der Waals surface area (Å²) in [6, 6.07) is 15.4. The van der Waals surface area contributed by atoms with E-state index in [1.165, 1.54) is 5.56 Å². The SMILES string of the molecule is CC(C)(C)Cc1ccc2c(c1)[C@@H](N=[N+]=[N-])CCN2C(=O)OCc1ccccc1. The maximum Gasteiger partial charge on any atom is 0.414 e. The Kier molecular flexibility index (Phi) is 5.90. The minimum atomic E-state index is -0.381. The number of nitrogens with zero attached hydrogens (tertiary/aromatic N) is 4. The lowest BCUT2D eigenvalue weighted by atomic mass is 9.86. The fraction of sp³-hybridized carbons (Fsp3) is 0.409. The van der Waals surface area contributed by atoms with Gasteiger partial charge in [-0.1, -0.05) is 68.4 Å². The molecule has 0 aromatic heterocycles. The van der Waals surface area contributed by atoms with Gasteiger partial charge in [-0.25, -0.2) is 4.79 Å². The van der Waals surface area contributed by atoms with Gasteiger partial charge in [0.05, 0.1) is 11.7 Å². The Bertz CT molecular complexity index is 883. The number of carbonyl (C=O) groups excluding carboxylic acids is 1. The molecular formula is C22H26N4O2. The molecule has 6 nitrogen and oxygen atoms in total. The number of amides is 1. The summed E-state index contributed by atoms with van der Waals surface area (Å²) in [5.41, 5.74) is 12.9. The number of hydrogen-bond donors (Lipinski definition) is 0. The summed E-state index contributed by atoms with van der Waals surface area (Å²) in [5, 5.41) is 3.95. The average Bonchev–Trinajstić information content (AvgIpc) is 2.66. The Morgan fingerprint density at radius 2 is 1.96 bits per heavy atom. The average molecular weight is 378 g/mol. The van der Waals surface area contributed by atoms with Gasteiger partial charge in [0.25, 0.3) is 0 Å². The van der Waals surface area contributed by atoms with Gasteiger partial charge in [-0.05, 0) is 46.5 Å². The van der Waals surface area contributed by atoms with Crippen LogP contribution in [0.1, 0.15) is 49.9 Å². The Hall–Kier alpha value is -2.98. The highest BCUT2D eigenvalue weighted by molar-refractivity contribution is 5.89. The maximum atomic E-state index is 12.7. The normalized spacial score (nSPS) is 16.1. The van der Waals surface area contributed by atoms with E-state index in [1.807, 2.05) is 42.5 Å². The molecule has 146 valence electrons. The molecule has 0 unspecified atom stereocenters. The molecule has 28 heavy (non-hydrogen) atoms. The molecule has 2 aromatic rings. The fourth-order valence-electron chi connectivity index (χ4n) is 3.54. The van der Waals surface area contributed by atoms with Gasteiger partial charge in [0.2, 0.25) is 0 Å². The van der Waals surface area contributed by atoms with Crippen molar-refractivity contribution in [3.05, 3.63) is 75.7 Å². The topological polar surface area (TPSA) is 78.3 Å². The van der Waals surface area contributed by atoms with Crippen LogP contribution in [0.15, 0.2) is 53.6 Å². The van der Waals surface area contributed by atoms with E-state index in [0.717, 1.165) is 23.2 Å². The first-order valence-corrected chi connectivity index (χ1v) is 9.52. The van der Waals surface area contributed by atoms with Crippen molar-refractivity contribution in [3.63, 3.8) is 0 Å². The summed E-state index contributed by atoms with van der Waals surface area (Å²) in [7, 11) is 0. The third kappa shape index (κ3) is 4.84. The van der Waals surface area contributed by atoms with E-state index in [2.05, 4.69) is 36.9 Å². The highest BCUT2D eigenvalue weighted by Gasteiger charge is 2.29. The van der Waals surface area contributed by atoms with E-state index in [4.69, 9.17) is 10.3 Å². The lowest BCUT2D eigenvalue weighted by molar-refractivity contribution is 0.146. The molecule has 0 saturated heterocycles. The first kappa shape index (κ1) is 19.8. The molecule has 0 spiro atoms. The summed E-state index contributed by atoms with van der Waals surface area (Å²) in [6.07, 6.45) is 1.10. The van der Waals surface area contributed by atoms with Gasteiger partial charge in [0.15, 0.2) is 0 Å². The van der Waals surface area contributed by atoms with E-state index in [0.29, 0.717) is 13.0 Å². The summed E-state index contributed by atoms with van der Waals surface area (Å²) in [5.74, 6) is 0. The number of rotatable bonds is 4. The lowest BCUT2D eigenvalue weighted by Gasteiger charge is -2.32. The second kappa shape index (κ2) is 8.36. The first-order chi connectivity index (χ1) is 13.4. The Morgan fingerprint density at radius 1 is 1.21 bits per heavy atom. The quantitative estimate of drug-likeness (QED) is 0.362. The van der Waals surface area contributed by atoms with Crippen molar-refractivity contribution in [1.29, 1.82) is 0 Å². The summed E-state index contributed by atoms with van der Waals surface area (Å²) < 4.78 is 5.51. The van der Waals surface area contributed by atoms with E-state index < -0.39 is 0 Å². The van der Waals surface area contributed by atoms with E-state index >= 15 is 0 Å². The maximum absolute atomic E-state index is 12.7. The van der Waals surface area contributed by atoms with Gasteiger partial charge in [0.1, 0.15) is 6.61 Å². The van der Waals surface area contributed by atoms with Crippen LogP contribution in [0.4, 0.5) is 10.5 Å². The van der Waals surface area contributed by atoms with Crippen molar-refractivity contribution in [2.24, 2.45) is 10.5 Å². The molecule has 0 saturated carbocycles. The van der Waals surface area contributed by atoms with Crippen molar-refractivity contribution in [3.8, 4) is 0 Å². The molecule has 0 bridgehead atoms. The molecule has 1 amide bonds. The van der Waals surface area contributed by atoms with Crippen molar-refractivity contribution >= 4 is 11.8 Å². The van der Waals surface area contributed by atoms with E-state index in [1.54, 1.807) is 4.90 Å². The molecule has 6 heteroatoms. The van der Waals surface area contributed by atoms with Crippen LogP contribution in [0.3, 0.4) is 0 Å². The predicted molar refractivity (Wildman–Crippen MR) is 110 cm³/mol. The van der Waals surface area contributed by atoms with Gasteiger partial charge >= 0.3 is 6.09 Å². The molecule has 1 aliphatic rings. The van der Waals surface area contributed by atoms with Crippen LogP contribution in [0, 0.1) is 5.41 Å². The van der Waals surface area contributed by atoms with Crippen molar-refractivity contribution < 1.29 is 9.53 Å². The standard InChI is InChI=1S/C22H26N4O2/c1-22(2,3)14-17-9-10-20-18(13-17)19(24-25-23)11-12-26(20)21(27)28-15-16-7-5-4-6-8-16/h4-10,13,19H,11-12,14-15H2,1-3H3/t19-/m0/s1. The molecule has 2 aromatic carbocycles. The highest BCUT2D eigenvalue weighted by atomic mass is 16.6. The van der Waals surface area contributed by atoms with Crippen LogP contribution in [0.5, 0.6) is 0 Å². The largest absolute Gasteiger partial charge is 0.444 e. The number of carbonyl (C=O) groups is 1. The van der Waals surface area contributed by atoms with Crippen LogP contribution in [0.2, 0.25) is 0 Å². The molecule has 1 heterocycles. The third-order valence-corrected chi connectivity index (χ3v) is 4.72. The molecular weight excluding hydrogens is 352 g/mol. The van der Waals surface area contributed by atoms with Crippen molar-refractivity contribution in [1.82, 2.24) is 0 Å². The molecule has 3 rings (SSSR count). The monoisotopic (exact) mass is 378 g/mol. The van der Waals surface area contributed by atoms with Gasteiger partial charge in [0, 0.05) is 11.5 Å². The minimum Gasteiger partial charge on any atom is -0.444 e. The molecule has 0 aliphatic carbocycles. The number of ether oxygens (including phenoxy) is 1. The summed E-state index contributed by atoms with van der Waals surface area (Å²) in [4.78, 5) is 17.4. The van der Waals surface area contributed by atoms with Crippen LogP contribution >= 0.6 is 0 Å². The van der Waals surface area contributed by atoms with E-state index in [-0.39, 0.29) is 24.2 Å². The summed E-state index contributed by atoms with van der Waals surface area (Å²) >= 11 is 0. The fourth-order valence-corrected chi connectivity index (χ4v) is 3.54. The zero-order valence-electron chi connectivity index (χ0n) is 16.6. The number of benzene rings is 2. The summed E-state index contributed by atoms with van der Waals surface area (Å²) in [6.45, 7) is 7.25. The molecule has 1 aliphatic heterocycles. The van der Waals surface area contributed by atoms with Crippen LogP contribution < -0.4 is 4.90 Å². The smallest absolute Gasteiger partial charge is 0.414 e. The number of fused-ring (bicyclic) bond motifs is 1. The van der Waals surface area contributed by atoms with Crippen LogP contribution in [-0.4, -0.2) is 12.6 Å². The van der Waals surface area contributed by atoms with Gasteiger partial charge in [-0.3, -0.25) is 4.90 Å². The Balaban J connectivity index is 1.83. The Morgan fingerprint density at radius 3 is 2.64 bits per heavy atom. The van der Waals surface area contributed by atoms with Gasteiger partial charge in [-0.2, -0.15) is 0 Å². The number of azide groups is 1. The minimum absolute atomic E-state index is 0.144. The second-order valence-electron chi connectivity index (χ2n) is 8.33. The van der Waals surface area contributed by atoms with Crippen LogP contribution in [-0.2, 0) is 17.8 Å². The predicted octanol–water partition coefficient (Wildman–Crippen LogP) is 6.17. The molecule has 0 N–H and O–H groups in total. The first-order valence-electron chi connectivity index (χ1n) is 9.52. The second-order valence-corrected chi connectivity index (χ2v) is 8.33. The van der Waals surface area contributed by atoms with Gasteiger partial charge < -0.3 is 4.74 Å². The zero-order valence-corrected chi connectivity index (χ0v) is 16.6. The number of hydrogen-bond acceptors (Lipinski definition) is 3. The Labute approximate surface area is 165 Å². The lowest BCUT2D eigenvalue weighted by Crippen LogP contribution is -2.37. The van der Waals surface area contributed by atoms with Crippen molar-refractivity contribution in [2.45, 2.75) is 46.3 Å². The highest BCUT2D eigenvalue weighted by Crippen LogP contribution is 2.38. The zero-order chi connectivity index (χ0) is 20.1. The molecule has 0 radical (unpaired) electrons. The van der Waals surface area contributed by atoms with Gasteiger partial charge in [-0.15, -0.1) is 0 Å². The van der Waals surface area contributed by atoms with Crippen molar-refractivity contribution in [2.75, 3.05) is 11.4 Å². The number of anilines is 1. The molecule has 1 atom stereocenters. The van der Waals surface area contributed by atoms with E-state index in [9.17, 15) is 4.79 Å².